The third-order valence-electron chi connectivity index (χ3n) is 3.73. The second-order valence-corrected chi connectivity index (χ2v) is 7.92. The molecule has 3 aromatic carbocycles. The normalized spacial score (nSPS) is 12.1. The van der Waals surface area contributed by atoms with Gasteiger partial charge in [0.15, 0.2) is 9.79 Å². The van der Waals surface area contributed by atoms with Crippen LogP contribution in [0.4, 0.5) is 0 Å². The van der Waals surface area contributed by atoms with E-state index < -0.39 is 0 Å². The van der Waals surface area contributed by atoms with Gasteiger partial charge in [-0.3, -0.25) is 0 Å². The molecule has 0 N–H and O–H groups in total. The molecule has 0 aliphatic carbocycles. The second kappa shape index (κ2) is 7.08. The molecule has 1 unspecified atom stereocenters. The minimum Gasteiger partial charge on any atom is -0.130 e. The molecule has 3 rings (SSSR count). The second-order valence-electron chi connectivity index (χ2n) is 5.08. The van der Waals surface area contributed by atoms with Gasteiger partial charge in [-0.2, -0.15) is 0 Å². The minimum atomic E-state index is 0.130. The standard InChI is InChI=1S/C20H19S2/c1-21-18-12-8-16(9-13-18)17-10-14-20(15-11-17)22(2)19-6-4-3-5-7-19/h3-15H,1-2H3/q+1. The molecule has 0 fully saturated rings. The Labute approximate surface area is 139 Å². The lowest BCUT2D eigenvalue weighted by molar-refractivity contribution is 1.37. The molecule has 0 bridgehead atoms. The fourth-order valence-corrected chi connectivity index (χ4v) is 4.19. The van der Waals surface area contributed by atoms with Crippen LogP contribution in [0.2, 0.25) is 0 Å². The Balaban J connectivity index is 1.83. The highest BCUT2D eigenvalue weighted by atomic mass is 32.2. The SMILES string of the molecule is CSc1ccc(-c2ccc([S+](C)c3ccccc3)cc2)cc1. The summed E-state index contributed by atoms with van der Waals surface area (Å²) in [6.45, 7) is 0. The number of rotatable bonds is 4. The van der Waals surface area contributed by atoms with Gasteiger partial charge >= 0.3 is 0 Å². The van der Waals surface area contributed by atoms with E-state index in [0.717, 1.165) is 0 Å². The highest BCUT2D eigenvalue weighted by Gasteiger charge is 2.18. The first-order valence-corrected chi connectivity index (χ1v) is 10.1. The van der Waals surface area contributed by atoms with E-state index in [1.165, 1.54) is 25.8 Å². The third kappa shape index (κ3) is 3.40. The van der Waals surface area contributed by atoms with Crippen LogP contribution in [-0.4, -0.2) is 12.5 Å². The summed E-state index contributed by atoms with van der Waals surface area (Å²) in [5, 5.41) is 0. The average Bonchev–Trinajstić information content (AvgIpc) is 2.62. The zero-order valence-corrected chi connectivity index (χ0v) is 14.5. The molecule has 0 nitrogen and oxygen atoms in total. The van der Waals surface area contributed by atoms with Crippen LogP contribution < -0.4 is 0 Å². The van der Waals surface area contributed by atoms with Gasteiger partial charge in [0.05, 0.1) is 10.9 Å². The van der Waals surface area contributed by atoms with E-state index in [2.05, 4.69) is 91.4 Å². The molecule has 0 spiro atoms. The summed E-state index contributed by atoms with van der Waals surface area (Å²) in [7, 11) is 0.130. The maximum Gasteiger partial charge on any atom is 0.160 e. The maximum atomic E-state index is 2.29. The van der Waals surface area contributed by atoms with E-state index >= 15 is 0 Å². The van der Waals surface area contributed by atoms with Crippen LogP contribution in [0, 0.1) is 0 Å². The number of hydrogen-bond acceptors (Lipinski definition) is 1. The van der Waals surface area contributed by atoms with Crippen LogP contribution in [0.5, 0.6) is 0 Å². The Hall–Kier alpha value is -1.64. The predicted octanol–water partition coefficient (Wildman–Crippen LogP) is 5.74. The van der Waals surface area contributed by atoms with Gasteiger partial charge in [-0.05, 0) is 65.9 Å². The van der Waals surface area contributed by atoms with Crippen LogP contribution in [0.3, 0.4) is 0 Å². The van der Waals surface area contributed by atoms with Crippen molar-refractivity contribution in [2.75, 3.05) is 12.5 Å². The summed E-state index contributed by atoms with van der Waals surface area (Å²) < 4.78 is 0. The van der Waals surface area contributed by atoms with E-state index in [9.17, 15) is 0 Å². The molecule has 0 aromatic heterocycles. The van der Waals surface area contributed by atoms with Gasteiger partial charge < -0.3 is 0 Å². The van der Waals surface area contributed by atoms with Gasteiger partial charge in [-0.1, -0.05) is 30.3 Å². The molecule has 0 aliphatic rings. The highest BCUT2D eigenvalue weighted by Crippen LogP contribution is 2.26. The third-order valence-corrected chi connectivity index (χ3v) is 6.43. The van der Waals surface area contributed by atoms with Crippen molar-refractivity contribution in [3.8, 4) is 11.1 Å². The lowest BCUT2D eigenvalue weighted by atomic mass is 10.1. The first-order valence-electron chi connectivity index (χ1n) is 7.23. The Bertz CT molecular complexity index is 716. The van der Waals surface area contributed by atoms with Gasteiger partial charge in [0.25, 0.3) is 0 Å². The van der Waals surface area contributed by atoms with E-state index in [0.29, 0.717) is 0 Å². The summed E-state index contributed by atoms with van der Waals surface area (Å²) in [6, 6.07) is 28.4. The van der Waals surface area contributed by atoms with Crippen LogP contribution >= 0.6 is 11.8 Å². The molecule has 1 atom stereocenters. The minimum absolute atomic E-state index is 0.130. The van der Waals surface area contributed by atoms with E-state index in [-0.39, 0.29) is 10.9 Å². The number of hydrogen-bond donors (Lipinski definition) is 0. The maximum absolute atomic E-state index is 2.29. The van der Waals surface area contributed by atoms with E-state index in [1.54, 1.807) is 11.8 Å². The van der Waals surface area contributed by atoms with Crippen LogP contribution in [0.1, 0.15) is 0 Å². The predicted molar refractivity (Wildman–Crippen MR) is 99.9 cm³/mol. The summed E-state index contributed by atoms with van der Waals surface area (Å²) in [4.78, 5) is 4.08. The van der Waals surface area contributed by atoms with Gasteiger partial charge in [0.2, 0.25) is 0 Å². The van der Waals surface area contributed by atoms with Crippen molar-refractivity contribution in [1.29, 1.82) is 0 Å². The smallest absolute Gasteiger partial charge is 0.130 e. The van der Waals surface area contributed by atoms with Gasteiger partial charge in [0.1, 0.15) is 6.26 Å². The molecule has 0 aliphatic heterocycles. The first-order chi connectivity index (χ1) is 10.8. The highest BCUT2D eigenvalue weighted by molar-refractivity contribution is 7.98. The Morgan fingerprint density at radius 1 is 0.636 bits per heavy atom. The molecule has 0 radical (unpaired) electrons. The Morgan fingerprint density at radius 2 is 1.14 bits per heavy atom. The molecule has 0 amide bonds. The molecular formula is C20H19S2+. The van der Waals surface area contributed by atoms with E-state index in [4.69, 9.17) is 0 Å². The van der Waals surface area contributed by atoms with Crippen molar-refractivity contribution in [3.63, 3.8) is 0 Å². The molecule has 2 heteroatoms. The van der Waals surface area contributed by atoms with Crippen LogP contribution in [0.15, 0.2) is 93.5 Å². The molecule has 0 saturated carbocycles. The fourth-order valence-electron chi connectivity index (χ4n) is 2.40. The molecule has 0 saturated heterocycles. The summed E-state index contributed by atoms with van der Waals surface area (Å²) >= 11 is 1.78. The number of thioether (sulfide) groups is 1. The molecule has 0 heterocycles. The first kappa shape index (κ1) is 15.3. The van der Waals surface area contributed by atoms with Crippen molar-refractivity contribution >= 4 is 22.7 Å². The van der Waals surface area contributed by atoms with Gasteiger partial charge in [-0.15, -0.1) is 11.8 Å². The van der Waals surface area contributed by atoms with Gasteiger partial charge in [-0.25, -0.2) is 0 Å². The lowest BCUT2D eigenvalue weighted by Crippen LogP contribution is -1.99. The largest absolute Gasteiger partial charge is 0.160 e. The summed E-state index contributed by atoms with van der Waals surface area (Å²) in [6.07, 6.45) is 4.40. The monoisotopic (exact) mass is 323 g/mol. The number of benzene rings is 3. The molecule has 3 aromatic rings. The average molecular weight is 324 g/mol. The zero-order chi connectivity index (χ0) is 15.4. The topological polar surface area (TPSA) is 0 Å². The fraction of sp³-hybridized carbons (Fsp3) is 0.100. The van der Waals surface area contributed by atoms with Crippen molar-refractivity contribution in [2.24, 2.45) is 0 Å². The molecular weight excluding hydrogens is 304 g/mol. The molecule has 22 heavy (non-hydrogen) atoms. The zero-order valence-electron chi connectivity index (χ0n) is 12.8. The lowest BCUT2D eigenvalue weighted by Gasteiger charge is -2.05. The van der Waals surface area contributed by atoms with Crippen molar-refractivity contribution < 1.29 is 0 Å². The quantitative estimate of drug-likeness (QED) is 0.436. The van der Waals surface area contributed by atoms with E-state index in [1.807, 2.05) is 0 Å². The van der Waals surface area contributed by atoms with Crippen molar-refractivity contribution in [2.45, 2.75) is 14.7 Å². The molecule has 110 valence electrons. The summed E-state index contributed by atoms with van der Waals surface area (Å²) in [5.74, 6) is 0. The summed E-state index contributed by atoms with van der Waals surface area (Å²) in [5.41, 5.74) is 2.56. The Kier molecular flexibility index (Phi) is 4.91. The van der Waals surface area contributed by atoms with Crippen molar-refractivity contribution in [3.05, 3.63) is 78.9 Å². The Morgan fingerprint density at radius 3 is 1.68 bits per heavy atom. The van der Waals surface area contributed by atoms with Gasteiger partial charge in [0, 0.05) is 4.90 Å². The van der Waals surface area contributed by atoms with Crippen LogP contribution in [-0.2, 0) is 10.9 Å². The van der Waals surface area contributed by atoms with Crippen LogP contribution in [0.25, 0.3) is 11.1 Å². The van der Waals surface area contributed by atoms with Crippen molar-refractivity contribution in [1.82, 2.24) is 0 Å².